The molecule has 8 nitrogen and oxygen atoms in total. The van der Waals surface area contributed by atoms with Crippen LogP contribution >= 0.6 is 0 Å². The van der Waals surface area contributed by atoms with Gasteiger partial charge in [-0.25, -0.2) is 17.7 Å². The second-order valence-electron chi connectivity index (χ2n) is 10.2. The van der Waals surface area contributed by atoms with Crippen LogP contribution in [0.15, 0.2) is 33.7 Å². The average molecular weight is 485 g/mol. The van der Waals surface area contributed by atoms with Crippen LogP contribution in [0.2, 0.25) is 0 Å². The highest BCUT2D eigenvalue weighted by atomic mass is 32.2. The number of hydrogen-bond acceptors (Lipinski definition) is 6. The molecule has 1 aliphatic heterocycles. The Labute approximate surface area is 201 Å². The van der Waals surface area contributed by atoms with E-state index in [4.69, 9.17) is 4.52 Å². The fourth-order valence-electron chi connectivity index (χ4n) is 4.39. The summed E-state index contributed by atoms with van der Waals surface area (Å²) in [6, 6.07) is 7.12. The van der Waals surface area contributed by atoms with Crippen LogP contribution < -0.4 is 0 Å². The molecule has 0 N–H and O–H groups in total. The Balaban J connectivity index is 1.74. The first kappa shape index (κ1) is 24.3. The maximum Gasteiger partial charge on any atom is 0.259 e. The number of benzene rings is 1. The van der Waals surface area contributed by atoms with Gasteiger partial charge >= 0.3 is 0 Å². The molecule has 34 heavy (non-hydrogen) atoms. The highest BCUT2D eigenvalue weighted by Crippen LogP contribution is 2.32. The Bertz CT molecular complexity index is 1350. The van der Waals surface area contributed by atoms with Crippen molar-refractivity contribution in [2.75, 3.05) is 20.6 Å². The van der Waals surface area contributed by atoms with Gasteiger partial charge in [-0.15, -0.1) is 0 Å². The SMILES string of the molecule is CCc1cc(C(=O)N2CCc3c(cccc3S(=O)(=O)N(C)C)C2)c2c(CC(C)(C)C)noc2n1. The third-order valence-corrected chi connectivity index (χ3v) is 8.03. The molecule has 0 fully saturated rings. The van der Waals surface area contributed by atoms with Gasteiger partial charge in [0, 0.05) is 32.9 Å². The smallest absolute Gasteiger partial charge is 0.259 e. The highest BCUT2D eigenvalue weighted by molar-refractivity contribution is 7.89. The van der Waals surface area contributed by atoms with Gasteiger partial charge in [-0.05, 0) is 47.9 Å². The number of rotatable bonds is 5. The Morgan fingerprint density at radius 2 is 1.97 bits per heavy atom. The van der Waals surface area contributed by atoms with Crippen LogP contribution in [0.1, 0.15) is 60.6 Å². The lowest BCUT2D eigenvalue weighted by molar-refractivity contribution is 0.0735. The molecule has 1 amide bonds. The number of aromatic nitrogens is 2. The molecule has 3 aromatic rings. The quantitative estimate of drug-likeness (QED) is 0.546. The third-order valence-electron chi connectivity index (χ3n) is 6.13. The average Bonchev–Trinajstić information content (AvgIpc) is 3.17. The van der Waals surface area contributed by atoms with Crippen molar-refractivity contribution in [1.29, 1.82) is 0 Å². The number of aryl methyl sites for hydroxylation is 1. The van der Waals surface area contributed by atoms with Gasteiger partial charge in [-0.3, -0.25) is 4.79 Å². The normalized spacial score (nSPS) is 14.6. The van der Waals surface area contributed by atoms with Gasteiger partial charge in [-0.2, -0.15) is 0 Å². The molecule has 0 bridgehead atoms. The van der Waals surface area contributed by atoms with E-state index in [2.05, 4.69) is 30.9 Å². The standard InChI is InChI=1S/C25H32N4O4S/c1-7-17-13-19(22-20(14-25(2,3)4)27-33-23(22)26-17)24(30)29-12-11-18-16(15-29)9-8-10-21(18)34(31,32)28(5)6/h8-10,13H,7,11-12,14-15H2,1-6H3. The number of carbonyl (C=O) groups excluding carboxylic acids is 1. The molecule has 3 heterocycles. The van der Waals surface area contributed by atoms with Crippen molar-refractivity contribution in [2.45, 2.75) is 58.4 Å². The Morgan fingerprint density at radius 3 is 2.62 bits per heavy atom. The van der Waals surface area contributed by atoms with Crippen molar-refractivity contribution in [3.63, 3.8) is 0 Å². The minimum Gasteiger partial charge on any atom is -0.336 e. The lowest BCUT2D eigenvalue weighted by Gasteiger charge is -2.31. The van der Waals surface area contributed by atoms with Crippen LogP contribution in [-0.4, -0.2) is 54.3 Å². The number of pyridine rings is 1. The van der Waals surface area contributed by atoms with E-state index in [9.17, 15) is 13.2 Å². The number of hydrogen-bond donors (Lipinski definition) is 0. The van der Waals surface area contributed by atoms with Gasteiger partial charge in [0.2, 0.25) is 10.0 Å². The summed E-state index contributed by atoms with van der Waals surface area (Å²) in [5.74, 6) is -0.119. The van der Waals surface area contributed by atoms with E-state index in [-0.39, 0.29) is 11.3 Å². The number of amides is 1. The van der Waals surface area contributed by atoms with Crippen molar-refractivity contribution in [2.24, 2.45) is 5.41 Å². The van der Waals surface area contributed by atoms with Gasteiger partial charge < -0.3 is 9.42 Å². The zero-order valence-electron chi connectivity index (χ0n) is 20.7. The summed E-state index contributed by atoms with van der Waals surface area (Å²) < 4.78 is 32.4. The molecule has 0 aliphatic carbocycles. The molecule has 182 valence electrons. The molecule has 9 heteroatoms. The van der Waals surface area contributed by atoms with Crippen LogP contribution in [0.25, 0.3) is 11.1 Å². The first-order valence-electron chi connectivity index (χ1n) is 11.5. The zero-order valence-corrected chi connectivity index (χ0v) is 21.5. The molecule has 2 aromatic heterocycles. The molecular weight excluding hydrogens is 452 g/mol. The van der Waals surface area contributed by atoms with Gasteiger partial charge in [0.25, 0.3) is 11.6 Å². The lowest BCUT2D eigenvalue weighted by Crippen LogP contribution is -2.37. The van der Waals surface area contributed by atoms with Crippen LogP contribution in [0, 0.1) is 5.41 Å². The fraction of sp³-hybridized carbons (Fsp3) is 0.480. The summed E-state index contributed by atoms with van der Waals surface area (Å²) in [7, 11) is -0.502. The van der Waals surface area contributed by atoms with Crippen LogP contribution in [-0.2, 0) is 35.8 Å². The van der Waals surface area contributed by atoms with E-state index in [1.165, 1.54) is 18.4 Å². The van der Waals surface area contributed by atoms with Crippen molar-refractivity contribution in [1.82, 2.24) is 19.3 Å². The highest BCUT2D eigenvalue weighted by Gasteiger charge is 2.31. The maximum atomic E-state index is 13.8. The molecule has 0 saturated carbocycles. The minimum atomic E-state index is -3.56. The van der Waals surface area contributed by atoms with Gasteiger partial charge in [0.1, 0.15) is 0 Å². The summed E-state index contributed by atoms with van der Waals surface area (Å²) in [6.07, 6.45) is 1.79. The summed E-state index contributed by atoms with van der Waals surface area (Å²) in [5.41, 5.74) is 4.04. The Kier molecular flexibility index (Phi) is 6.29. The van der Waals surface area contributed by atoms with Crippen molar-refractivity contribution < 1.29 is 17.7 Å². The monoisotopic (exact) mass is 484 g/mol. The first-order valence-corrected chi connectivity index (χ1v) is 13.0. The van der Waals surface area contributed by atoms with E-state index in [0.717, 1.165) is 22.5 Å². The Hall–Kier alpha value is -2.78. The van der Waals surface area contributed by atoms with E-state index in [0.29, 0.717) is 53.9 Å². The number of sulfonamides is 1. The van der Waals surface area contributed by atoms with Crippen molar-refractivity contribution in [3.05, 3.63) is 52.3 Å². The fourth-order valence-corrected chi connectivity index (χ4v) is 5.58. The van der Waals surface area contributed by atoms with E-state index in [1.807, 2.05) is 19.1 Å². The largest absolute Gasteiger partial charge is 0.336 e. The van der Waals surface area contributed by atoms with Crippen LogP contribution in [0.3, 0.4) is 0 Å². The van der Waals surface area contributed by atoms with Crippen molar-refractivity contribution in [3.8, 4) is 0 Å². The lowest BCUT2D eigenvalue weighted by atomic mass is 9.89. The van der Waals surface area contributed by atoms with Crippen molar-refractivity contribution >= 4 is 27.0 Å². The molecule has 1 aliphatic rings. The predicted molar refractivity (Wildman–Crippen MR) is 130 cm³/mol. The van der Waals surface area contributed by atoms with E-state index < -0.39 is 10.0 Å². The number of carbonyl (C=O) groups is 1. The van der Waals surface area contributed by atoms with E-state index >= 15 is 0 Å². The van der Waals surface area contributed by atoms with Gasteiger partial charge in [0.05, 0.1) is 21.5 Å². The molecule has 0 radical (unpaired) electrons. The zero-order chi connectivity index (χ0) is 24.8. The molecule has 0 saturated heterocycles. The molecule has 0 unspecified atom stereocenters. The predicted octanol–water partition coefficient (Wildman–Crippen LogP) is 3.82. The minimum absolute atomic E-state index is 0.0358. The topological polar surface area (TPSA) is 96.6 Å². The first-order chi connectivity index (χ1) is 15.9. The van der Waals surface area contributed by atoms with Gasteiger partial charge in [-0.1, -0.05) is 45.0 Å². The van der Waals surface area contributed by atoms with E-state index in [1.54, 1.807) is 17.0 Å². The van der Waals surface area contributed by atoms with Crippen LogP contribution in [0.4, 0.5) is 0 Å². The third kappa shape index (κ3) is 4.46. The number of fused-ring (bicyclic) bond motifs is 2. The molecule has 0 spiro atoms. The molecule has 4 rings (SSSR count). The summed E-state index contributed by atoms with van der Waals surface area (Å²) in [5, 5.41) is 4.93. The van der Waals surface area contributed by atoms with Gasteiger partial charge in [0.15, 0.2) is 0 Å². The molecular formula is C25H32N4O4S. The number of nitrogens with zero attached hydrogens (tertiary/aromatic N) is 4. The molecule has 0 atom stereocenters. The summed E-state index contributed by atoms with van der Waals surface area (Å²) in [4.78, 5) is 20.4. The second-order valence-corrected chi connectivity index (χ2v) is 12.3. The Morgan fingerprint density at radius 1 is 1.24 bits per heavy atom. The molecule has 1 aromatic carbocycles. The van der Waals surface area contributed by atoms with Crippen LogP contribution in [0.5, 0.6) is 0 Å². The second kappa shape index (κ2) is 8.78. The summed E-state index contributed by atoms with van der Waals surface area (Å²) in [6.45, 7) is 9.10. The summed E-state index contributed by atoms with van der Waals surface area (Å²) >= 11 is 0. The maximum absolute atomic E-state index is 13.8.